The molecule has 2 N–H and O–H groups in total. The number of nitrogens with one attached hydrogen (secondary N) is 1. The van der Waals surface area contributed by atoms with Crippen LogP contribution in [0.5, 0.6) is 0 Å². The van der Waals surface area contributed by atoms with Gasteiger partial charge < -0.3 is 5.11 Å². The van der Waals surface area contributed by atoms with Crippen LogP contribution in [0, 0.1) is 6.92 Å². The van der Waals surface area contributed by atoms with Crippen molar-refractivity contribution in [1.82, 2.24) is 10.2 Å². The smallest absolute Gasteiger partial charge is 0.307 e. The summed E-state index contributed by atoms with van der Waals surface area (Å²) in [6, 6.07) is 7.81. The van der Waals surface area contributed by atoms with Gasteiger partial charge >= 0.3 is 5.97 Å². The lowest BCUT2D eigenvalue weighted by atomic mass is 10.0. The molecule has 0 bridgehead atoms. The second-order valence-electron chi connectivity index (χ2n) is 3.66. The standard InChI is InChI=1S/C12H12N2O2/c1-8-4-2-3-5-10(8)12-9(6-11(15)16)7-13-14-12/h2-5,7H,6H2,1H3,(H,13,14)(H,15,16). The molecule has 2 rings (SSSR count). The van der Waals surface area contributed by atoms with E-state index in [0.717, 1.165) is 16.8 Å². The predicted molar refractivity (Wildman–Crippen MR) is 60.1 cm³/mol. The molecule has 0 amide bonds. The minimum Gasteiger partial charge on any atom is -0.481 e. The number of hydrogen-bond donors (Lipinski definition) is 2. The van der Waals surface area contributed by atoms with Crippen molar-refractivity contribution in [3.05, 3.63) is 41.6 Å². The minimum atomic E-state index is -0.851. The first-order valence-corrected chi connectivity index (χ1v) is 4.98. The van der Waals surface area contributed by atoms with Crippen LogP contribution in [0.1, 0.15) is 11.1 Å². The maximum absolute atomic E-state index is 10.7. The van der Waals surface area contributed by atoms with E-state index in [0.29, 0.717) is 5.56 Å². The van der Waals surface area contributed by atoms with E-state index in [-0.39, 0.29) is 6.42 Å². The zero-order chi connectivity index (χ0) is 11.5. The highest BCUT2D eigenvalue weighted by Gasteiger charge is 2.11. The molecule has 16 heavy (non-hydrogen) atoms. The lowest BCUT2D eigenvalue weighted by Gasteiger charge is -2.04. The number of rotatable bonds is 3. The van der Waals surface area contributed by atoms with Crippen molar-refractivity contribution in [2.24, 2.45) is 0 Å². The van der Waals surface area contributed by atoms with Gasteiger partial charge in [-0.1, -0.05) is 24.3 Å². The largest absolute Gasteiger partial charge is 0.481 e. The molecule has 1 aromatic carbocycles. The molecule has 4 nitrogen and oxygen atoms in total. The van der Waals surface area contributed by atoms with Crippen LogP contribution >= 0.6 is 0 Å². The number of nitrogens with zero attached hydrogens (tertiary/aromatic N) is 1. The first-order valence-electron chi connectivity index (χ1n) is 4.98. The SMILES string of the molecule is Cc1ccccc1-c1[nH]ncc1CC(=O)O. The molecule has 1 aromatic heterocycles. The fourth-order valence-corrected chi connectivity index (χ4v) is 1.69. The molecule has 0 atom stereocenters. The Labute approximate surface area is 92.9 Å². The molecule has 0 aliphatic carbocycles. The van der Waals surface area contributed by atoms with E-state index in [1.54, 1.807) is 6.20 Å². The summed E-state index contributed by atoms with van der Waals surface area (Å²) in [5.41, 5.74) is 3.59. The maximum Gasteiger partial charge on any atom is 0.307 e. The average molecular weight is 216 g/mol. The highest BCUT2D eigenvalue weighted by Crippen LogP contribution is 2.24. The van der Waals surface area contributed by atoms with Crippen molar-refractivity contribution < 1.29 is 9.90 Å². The second-order valence-corrected chi connectivity index (χ2v) is 3.66. The molecule has 4 heteroatoms. The van der Waals surface area contributed by atoms with Crippen LogP contribution in [0.3, 0.4) is 0 Å². The molecule has 0 radical (unpaired) electrons. The summed E-state index contributed by atoms with van der Waals surface area (Å²) in [5, 5.41) is 15.5. The van der Waals surface area contributed by atoms with Gasteiger partial charge in [0.15, 0.2) is 0 Å². The van der Waals surface area contributed by atoms with E-state index >= 15 is 0 Å². The third kappa shape index (κ3) is 1.95. The average Bonchev–Trinajstić information content (AvgIpc) is 2.66. The van der Waals surface area contributed by atoms with Gasteiger partial charge in [0, 0.05) is 11.1 Å². The van der Waals surface area contributed by atoms with Gasteiger partial charge in [0.1, 0.15) is 0 Å². The Balaban J connectivity index is 2.45. The van der Waals surface area contributed by atoms with Crippen molar-refractivity contribution >= 4 is 5.97 Å². The van der Waals surface area contributed by atoms with Crippen molar-refractivity contribution in [1.29, 1.82) is 0 Å². The first-order chi connectivity index (χ1) is 7.68. The minimum absolute atomic E-state index is 0.0137. The number of aromatic amines is 1. The summed E-state index contributed by atoms with van der Waals surface area (Å²) in [5.74, 6) is -0.851. The quantitative estimate of drug-likeness (QED) is 0.824. The Kier molecular flexibility index (Phi) is 2.72. The number of H-pyrrole nitrogens is 1. The Morgan fingerprint density at radius 3 is 2.88 bits per heavy atom. The lowest BCUT2D eigenvalue weighted by molar-refractivity contribution is -0.136. The topological polar surface area (TPSA) is 66.0 Å². The zero-order valence-electron chi connectivity index (χ0n) is 8.90. The Bertz CT molecular complexity index is 517. The van der Waals surface area contributed by atoms with Gasteiger partial charge in [0.2, 0.25) is 0 Å². The molecule has 0 unspecified atom stereocenters. The Hall–Kier alpha value is -2.10. The molecule has 0 aliphatic heterocycles. The number of aryl methyl sites for hydroxylation is 1. The summed E-state index contributed by atoms with van der Waals surface area (Å²) < 4.78 is 0. The number of aromatic nitrogens is 2. The first kappa shape index (κ1) is 10.4. The van der Waals surface area contributed by atoms with Crippen molar-refractivity contribution in [2.75, 3.05) is 0 Å². The third-order valence-corrected chi connectivity index (χ3v) is 2.47. The molecular formula is C12H12N2O2. The summed E-state index contributed by atoms with van der Waals surface area (Å²) in [4.78, 5) is 10.7. The van der Waals surface area contributed by atoms with Crippen LogP contribution in [0.15, 0.2) is 30.5 Å². The third-order valence-electron chi connectivity index (χ3n) is 2.47. The molecular weight excluding hydrogens is 204 g/mol. The highest BCUT2D eigenvalue weighted by atomic mass is 16.4. The highest BCUT2D eigenvalue weighted by molar-refractivity contribution is 5.75. The van der Waals surface area contributed by atoms with E-state index < -0.39 is 5.97 Å². The molecule has 0 fully saturated rings. The number of carboxylic acid groups (broad SMARTS) is 1. The van der Waals surface area contributed by atoms with Gasteiger partial charge in [-0.25, -0.2) is 0 Å². The molecule has 0 aliphatic rings. The van der Waals surface area contributed by atoms with Crippen LogP contribution in [-0.2, 0) is 11.2 Å². The zero-order valence-corrected chi connectivity index (χ0v) is 8.90. The van der Waals surface area contributed by atoms with Gasteiger partial charge in [-0.2, -0.15) is 5.10 Å². The maximum atomic E-state index is 10.7. The lowest BCUT2D eigenvalue weighted by Crippen LogP contribution is -2.00. The van der Waals surface area contributed by atoms with Gasteiger partial charge in [0.25, 0.3) is 0 Å². The van der Waals surface area contributed by atoms with Crippen LogP contribution in [0.4, 0.5) is 0 Å². The van der Waals surface area contributed by atoms with Crippen molar-refractivity contribution in [3.8, 4) is 11.3 Å². The molecule has 0 spiro atoms. The van der Waals surface area contributed by atoms with Crippen LogP contribution in [-0.4, -0.2) is 21.3 Å². The molecule has 82 valence electrons. The monoisotopic (exact) mass is 216 g/mol. The molecule has 1 heterocycles. The fourth-order valence-electron chi connectivity index (χ4n) is 1.69. The number of aliphatic carboxylic acids is 1. The van der Waals surface area contributed by atoms with E-state index in [1.165, 1.54) is 0 Å². The number of carboxylic acids is 1. The van der Waals surface area contributed by atoms with Gasteiger partial charge in [0.05, 0.1) is 18.3 Å². The van der Waals surface area contributed by atoms with Crippen LogP contribution < -0.4 is 0 Å². The van der Waals surface area contributed by atoms with Gasteiger partial charge in [-0.3, -0.25) is 9.89 Å². The second kappa shape index (κ2) is 4.18. The fraction of sp³-hybridized carbons (Fsp3) is 0.167. The summed E-state index contributed by atoms with van der Waals surface area (Å²) in [6.07, 6.45) is 1.55. The van der Waals surface area contributed by atoms with Gasteiger partial charge in [-0.15, -0.1) is 0 Å². The Morgan fingerprint density at radius 2 is 2.19 bits per heavy atom. The van der Waals surface area contributed by atoms with E-state index in [4.69, 9.17) is 5.11 Å². The number of hydrogen-bond acceptors (Lipinski definition) is 2. The summed E-state index contributed by atoms with van der Waals surface area (Å²) in [7, 11) is 0. The molecule has 0 saturated carbocycles. The van der Waals surface area contributed by atoms with E-state index in [2.05, 4.69) is 10.2 Å². The Morgan fingerprint density at radius 1 is 1.44 bits per heavy atom. The normalized spacial score (nSPS) is 10.3. The number of benzene rings is 1. The van der Waals surface area contributed by atoms with E-state index in [1.807, 2.05) is 31.2 Å². The van der Waals surface area contributed by atoms with Crippen molar-refractivity contribution in [2.45, 2.75) is 13.3 Å². The van der Waals surface area contributed by atoms with Crippen LogP contribution in [0.25, 0.3) is 11.3 Å². The van der Waals surface area contributed by atoms with Gasteiger partial charge in [-0.05, 0) is 12.5 Å². The van der Waals surface area contributed by atoms with E-state index in [9.17, 15) is 4.79 Å². The van der Waals surface area contributed by atoms with Crippen LogP contribution in [0.2, 0.25) is 0 Å². The van der Waals surface area contributed by atoms with Crippen molar-refractivity contribution in [3.63, 3.8) is 0 Å². The summed E-state index contributed by atoms with van der Waals surface area (Å²) in [6.45, 7) is 1.99. The molecule has 2 aromatic rings. The number of carbonyl (C=O) groups is 1. The predicted octanol–water partition coefficient (Wildman–Crippen LogP) is 2.01. The summed E-state index contributed by atoms with van der Waals surface area (Å²) >= 11 is 0. The molecule has 0 saturated heterocycles.